The molecule has 1 rings (SSSR count). The molecule has 9 heteroatoms. The molecule has 0 bridgehead atoms. The standard InChI is InChI=1S/C48H95NO8/c1-3-5-7-9-11-13-15-16-17-18-19-20-21-22-23-24-25-26-28-30-32-34-36-38-44(52)49-41(40-56-48-47(55)46(54)45(53)43(39-50)57-48)42(51)37-35-33-31-29-27-14-12-10-8-6-4-2/h41-43,45-48,50-51,53-55H,3-40H2,1-2H3,(H,49,52)/t41-,42+,43-,45-,46?,47?,48-/m0/s1. The average Bonchev–Trinajstić information content (AvgIpc) is 3.21. The molecule has 1 aliphatic heterocycles. The van der Waals surface area contributed by atoms with E-state index in [2.05, 4.69) is 19.2 Å². The number of hydrogen-bond donors (Lipinski definition) is 6. The molecule has 0 aliphatic carbocycles. The third kappa shape index (κ3) is 30.0. The van der Waals surface area contributed by atoms with E-state index in [4.69, 9.17) is 9.47 Å². The summed E-state index contributed by atoms with van der Waals surface area (Å²) in [4.78, 5) is 13.0. The van der Waals surface area contributed by atoms with Gasteiger partial charge in [-0.2, -0.15) is 0 Å². The van der Waals surface area contributed by atoms with Crippen molar-refractivity contribution in [2.24, 2.45) is 0 Å². The minimum absolute atomic E-state index is 0.132. The normalized spacial score (nSPS) is 20.9. The summed E-state index contributed by atoms with van der Waals surface area (Å²) in [5.74, 6) is -0.140. The summed E-state index contributed by atoms with van der Waals surface area (Å²) in [6.45, 7) is 3.84. The Morgan fingerprint density at radius 3 is 1.25 bits per heavy atom. The van der Waals surface area contributed by atoms with Crippen LogP contribution in [0.1, 0.15) is 245 Å². The highest BCUT2D eigenvalue weighted by molar-refractivity contribution is 5.76. The number of carbonyl (C=O) groups is 1. The molecule has 0 radical (unpaired) electrons. The number of carbonyl (C=O) groups excluding carboxylic acids is 1. The Morgan fingerprint density at radius 2 is 0.877 bits per heavy atom. The number of hydrogen-bond acceptors (Lipinski definition) is 8. The first kappa shape index (κ1) is 54.2. The van der Waals surface area contributed by atoms with E-state index in [0.29, 0.717) is 12.8 Å². The molecule has 1 saturated heterocycles. The van der Waals surface area contributed by atoms with Crippen molar-refractivity contribution in [3.05, 3.63) is 0 Å². The van der Waals surface area contributed by atoms with Gasteiger partial charge in [-0.3, -0.25) is 4.79 Å². The zero-order chi connectivity index (χ0) is 41.6. The van der Waals surface area contributed by atoms with Gasteiger partial charge in [0.2, 0.25) is 5.91 Å². The smallest absolute Gasteiger partial charge is 0.220 e. The van der Waals surface area contributed by atoms with Crippen LogP contribution in [0.5, 0.6) is 0 Å². The third-order valence-electron chi connectivity index (χ3n) is 12.2. The number of aliphatic hydroxyl groups is 5. The summed E-state index contributed by atoms with van der Waals surface area (Å²) in [5, 5.41) is 54.3. The Balaban J connectivity index is 2.20. The first-order valence-electron chi connectivity index (χ1n) is 24.7. The highest BCUT2D eigenvalue weighted by atomic mass is 16.7. The van der Waals surface area contributed by atoms with Gasteiger partial charge in [0.15, 0.2) is 6.29 Å². The van der Waals surface area contributed by atoms with E-state index in [0.717, 1.165) is 38.5 Å². The van der Waals surface area contributed by atoms with Crippen molar-refractivity contribution in [3.8, 4) is 0 Å². The number of ether oxygens (including phenoxy) is 2. The van der Waals surface area contributed by atoms with Crippen LogP contribution in [0.25, 0.3) is 0 Å². The van der Waals surface area contributed by atoms with Crippen molar-refractivity contribution in [2.45, 2.75) is 288 Å². The van der Waals surface area contributed by atoms with E-state index >= 15 is 0 Å². The van der Waals surface area contributed by atoms with Gasteiger partial charge in [0.1, 0.15) is 24.4 Å². The molecule has 0 aromatic heterocycles. The third-order valence-corrected chi connectivity index (χ3v) is 12.2. The number of unbranched alkanes of at least 4 members (excludes halogenated alkanes) is 32. The largest absolute Gasteiger partial charge is 0.394 e. The molecule has 0 spiro atoms. The molecule has 57 heavy (non-hydrogen) atoms. The second-order valence-corrected chi connectivity index (χ2v) is 17.6. The SMILES string of the molecule is CCCCCCCCCCCCCCCCCCCCCCCCCC(=O)N[C@@H](CO[C@H]1O[C@@H](CO)[C@H](O)C(O)C1O)[C@H](O)CCCCCCCCCCCCC. The van der Waals surface area contributed by atoms with E-state index in [9.17, 15) is 30.3 Å². The minimum atomic E-state index is -1.55. The van der Waals surface area contributed by atoms with Crippen LogP contribution in [0.2, 0.25) is 0 Å². The van der Waals surface area contributed by atoms with Gasteiger partial charge in [0.25, 0.3) is 0 Å². The van der Waals surface area contributed by atoms with E-state index in [1.54, 1.807) is 0 Å². The van der Waals surface area contributed by atoms with Crippen molar-refractivity contribution in [1.82, 2.24) is 5.32 Å². The Kier molecular flexibility index (Phi) is 37.4. The lowest BCUT2D eigenvalue weighted by Crippen LogP contribution is -2.60. The van der Waals surface area contributed by atoms with Gasteiger partial charge in [-0.15, -0.1) is 0 Å². The van der Waals surface area contributed by atoms with Gasteiger partial charge >= 0.3 is 0 Å². The fourth-order valence-electron chi connectivity index (χ4n) is 8.22. The Labute approximate surface area is 351 Å². The lowest BCUT2D eigenvalue weighted by Gasteiger charge is -2.40. The lowest BCUT2D eigenvalue weighted by molar-refractivity contribution is -0.302. The molecule has 1 fully saturated rings. The monoisotopic (exact) mass is 814 g/mol. The van der Waals surface area contributed by atoms with E-state index < -0.39 is 49.5 Å². The summed E-state index contributed by atoms with van der Waals surface area (Å²) in [6.07, 6.45) is 37.0. The summed E-state index contributed by atoms with van der Waals surface area (Å²) in [5.41, 5.74) is 0. The van der Waals surface area contributed by atoms with Crippen molar-refractivity contribution in [3.63, 3.8) is 0 Å². The molecule has 1 aliphatic rings. The van der Waals surface area contributed by atoms with Crippen molar-refractivity contribution >= 4 is 5.91 Å². The number of rotatable bonds is 42. The summed E-state index contributed by atoms with van der Waals surface area (Å²) < 4.78 is 11.3. The zero-order valence-corrected chi connectivity index (χ0v) is 37.4. The van der Waals surface area contributed by atoms with Crippen LogP contribution in [0, 0.1) is 0 Å². The molecule has 6 N–H and O–H groups in total. The van der Waals surface area contributed by atoms with Crippen LogP contribution in [0.3, 0.4) is 0 Å². The second kappa shape index (κ2) is 39.3. The van der Waals surface area contributed by atoms with Gasteiger partial charge in [-0.25, -0.2) is 0 Å². The van der Waals surface area contributed by atoms with Gasteiger partial charge in [-0.1, -0.05) is 226 Å². The van der Waals surface area contributed by atoms with Crippen LogP contribution in [-0.2, 0) is 14.3 Å². The Bertz CT molecular complexity index is 862. The van der Waals surface area contributed by atoms with Gasteiger partial charge in [0, 0.05) is 6.42 Å². The van der Waals surface area contributed by atoms with Crippen molar-refractivity contribution < 1.29 is 39.8 Å². The maximum absolute atomic E-state index is 13.0. The molecular weight excluding hydrogens is 719 g/mol. The number of aliphatic hydroxyl groups excluding tert-OH is 5. The van der Waals surface area contributed by atoms with E-state index in [1.165, 1.54) is 180 Å². The highest BCUT2D eigenvalue weighted by Gasteiger charge is 2.44. The van der Waals surface area contributed by atoms with Gasteiger partial charge in [0.05, 0.1) is 25.4 Å². The summed E-state index contributed by atoms with van der Waals surface area (Å²) >= 11 is 0. The van der Waals surface area contributed by atoms with Crippen LogP contribution >= 0.6 is 0 Å². The quantitative estimate of drug-likeness (QED) is 0.0334. The van der Waals surface area contributed by atoms with Gasteiger partial charge in [-0.05, 0) is 12.8 Å². The molecule has 340 valence electrons. The van der Waals surface area contributed by atoms with Crippen LogP contribution < -0.4 is 5.32 Å². The van der Waals surface area contributed by atoms with E-state index in [1.807, 2.05) is 0 Å². The predicted octanol–water partition coefficient (Wildman–Crippen LogP) is 10.7. The van der Waals surface area contributed by atoms with E-state index in [-0.39, 0.29) is 12.5 Å². The molecule has 0 aromatic rings. The second-order valence-electron chi connectivity index (χ2n) is 17.6. The van der Waals surface area contributed by atoms with Crippen molar-refractivity contribution in [2.75, 3.05) is 13.2 Å². The Hall–Kier alpha value is -0.810. The molecule has 2 unspecified atom stereocenters. The molecule has 1 heterocycles. The van der Waals surface area contributed by atoms with Crippen LogP contribution in [0.4, 0.5) is 0 Å². The van der Waals surface area contributed by atoms with Crippen LogP contribution in [0.15, 0.2) is 0 Å². The predicted molar refractivity (Wildman–Crippen MR) is 235 cm³/mol. The Morgan fingerprint density at radius 1 is 0.526 bits per heavy atom. The molecule has 9 nitrogen and oxygen atoms in total. The molecule has 7 atom stereocenters. The number of amides is 1. The van der Waals surface area contributed by atoms with Crippen LogP contribution in [-0.4, -0.2) is 87.5 Å². The molecule has 0 saturated carbocycles. The minimum Gasteiger partial charge on any atom is -0.394 e. The van der Waals surface area contributed by atoms with Crippen molar-refractivity contribution in [1.29, 1.82) is 0 Å². The fourth-order valence-corrected chi connectivity index (χ4v) is 8.22. The topological polar surface area (TPSA) is 149 Å². The summed E-state index contributed by atoms with van der Waals surface area (Å²) in [6, 6.07) is -0.711. The summed E-state index contributed by atoms with van der Waals surface area (Å²) in [7, 11) is 0. The lowest BCUT2D eigenvalue weighted by atomic mass is 9.99. The number of nitrogens with one attached hydrogen (secondary N) is 1. The molecular formula is C48H95NO8. The maximum atomic E-state index is 13.0. The highest BCUT2D eigenvalue weighted by Crippen LogP contribution is 2.23. The van der Waals surface area contributed by atoms with Gasteiger partial charge < -0.3 is 40.3 Å². The molecule has 0 aromatic carbocycles. The average molecular weight is 814 g/mol. The molecule has 1 amide bonds. The first-order chi connectivity index (χ1) is 27.8. The maximum Gasteiger partial charge on any atom is 0.220 e. The fraction of sp³-hybridized carbons (Fsp3) is 0.979. The first-order valence-corrected chi connectivity index (χ1v) is 24.7. The zero-order valence-electron chi connectivity index (χ0n) is 37.4.